The molecule has 0 bridgehead atoms. The van der Waals surface area contributed by atoms with Crippen LogP contribution in [0.4, 0.5) is 0 Å². The third-order valence-electron chi connectivity index (χ3n) is 16.4. The van der Waals surface area contributed by atoms with Gasteiger partial charge in [-0.15, -0.1) is 0 Å². The van der Waals surface area contributed by atoms with E-state index in [2.05, 4.69) is 26.6 Å². The fourth-order valence-corrected chi connectivity index (χ4v) is 10.7. The smallest absolute Gasteiger partial charge is 0.220 e. The normalized spacial score (nSPS) is 28.5. The molecule has 3 aliphatic rings. The Hall–Kier alpha value is -3.29. The van der Waals surface area contributed by atoms with Gasteiger partial charge in [0.1, 0.15) is 36.6 Å². The zero-order valence-electron chi connectivity index (χ0n) is 51.1. The van der Waals surface area contributed by atoms with E-state index in [4.69, 9.17) is 33.2 Å². The number of aliphatic hydroxyl groups is 9. The third kappa shape index (κ3) is 28.8. The van der Waals surface area contributed by atoms with Crippen LogP contribution in [0.25, 0.3) is 0 Å². The lowest BCUT2D eigenvalue weighted by Gasteiger charge is -2.40. The van der Waals surface area contributed by atoms with Crippen molar-refractivity contribution in [3.63, 3.8) is 0 Å². The first-order valence-electron chi connectivity index (χ1n) is 31.4. The lowest BCUT2D eigenvalue weighted by Crippen LogP contribution is -2.55. The van der Waals surface area contributed by atoms with Crippen LogP contribution in [0, 0.1) is 17.8 Å². The SMILES string of the molecule is COCCCNC(=O)CCCC(=O)NC(CCCC(=O)NCCCCCCOC1OC(CO)C(O)C(O)C1C)(CCC(=O)NCCCCCCOC1OC(CO)C(O)C(O)C1C)CCC(=O)NCCCCCCOC1OC(CO)C(O)C(O)C1C. The van der Waals surface area contributed by atoms with E-state index in [1.807, 2.05) is 0 Å². The number of rotatable bonds is 46. The number of nitrogens with one attached hydrogen (secondary N) is 5. The average molecular weight is 1220 g/mol. The number of ether oxygens (including phenoxy) is 7. The monoisotopic (exact) mass is 1220 g/mol. The maximum Gasteiger partial charge on any atom is 0.220 e. The standard InChI is InChI=1S/C59H109N5O21/c1-39-50(73)53(76)42(36-65)83-56(39)80-33-14-8-5-11-28-60-46(69)22-18-25-59(64-49(72)21-17-20-45(68)63-31-19-32-79-4,26-23-47(70)61-29-12-6-9-15-34-81-57-40(2)51(74)54(77)43(37-66)84-57)27-24-48(71)62-30-13-7-10-16-35-82-58-41(3)52(75)55(78)44(38-67)85-58/h39-44,50-58,65-67,73-78H,5-38H2,1-4H3,(H,60,69)(H,61,70)(H,62,71)(H,63,68)(H,64,72). The predicted molar refractivity (Wildman–Crippen MR) is 310 cm³/mol. The summed E-state index contributed by atoms with van der Waals surface area (Å²) in [5, 5.41) is 105. The molecule has 26 heteroatoms. The molecule has 14 N–H and O–H groups in total. The Bertz CT molecular complexity index is 1770. The molecule has 0 saturated carbocycles. The zero-order valence-corrected chi connectivity index (χ0v) is 51.1. The van der Waals surface area contributed by atoms with Crippen molar-refractivity contribution in [2.45, 2.75) is 248 Å². The first kappa shape index (κ1) is 76.0. The Labute approximate surface area is 502 Å². The number of carbonyl (C=O) groups is 5. The van der Waals surface area contributed by atoms with Crippen LogP contribution in [0.15, 0.2) is 0 Å². The summed E-state index contributed by atoms with van der Waals surface area (Å²) in [6.45, 7) is 6.95. The zero-order chi connectivity index (χ0) is 62.6. The lowest BCUT2D eigenvalue weighted by atomic mass is 9.82. The number of aliphatic hydroxyl groups excluding tert-OH is 9. The van der Waals surface area contributed by atoms with Gasteiger partial charge in [-0.05, 0) is 77.0 Å². The van der Waals surface area contributed by atoms with Gasteiger partial charge in [0, 0.05) is 115 Å². The van der Waals surface area contributed by atoms with E-state index in [1.54, 1.807) is 27.9 Å². The van der Waals surface area contributed by atoms with Gasteiger partial charge in [-0.1, -0.05) is 59.3 Å². The van der Waals surface area contributed by atoms with Crippen LogP contribution in [0.3, 0.4) is 0 Å². The van der Waals surface area contributed by atoms with Crippen LogP contribution in [0.5, 0.6) is 0 Å². The van der Waals surface area contributed by atoms with E-state index in [0.717, 1.165) is 38.5 Å². The molecule has 15 unspecified atom stereocenters. The minimum Gasteiger partial charge on any atom is -0.394 e. The van der Waals surface area contributed by atoms with Gasteiger partial charge in [0.15, 0.2) is 18.9 Å². The maximum atomic E-state index is 13.8. The number of methoxy groups -OCH3 is 1. The first-order chi connectivity index (χ1) is 40.8. The summed E-state index contributed by atoms with van der Waals surface area (Å²) in [5.41, 5.74) is -1.07. The second-order valence-electron chi connectivity index (χ2n) is 23.3. The molecule has 0 aromatic rings. The first-order valence-corrected chi connectivity index (χ1v) is 31.4. The molecule has 0 spiro atoms. The maximum absolute atomic E-state index is 13.8. The molecule has 26 nitrogen and oxygen atoms in total. The van der Waals surface area contributed by atoms with Crippen LogP contribution in [-0.2, 0) is 57.1 Å². The molecular weight excluding hydrogens is 1110 g/mol. The van der Waals surface area contributed by atoms with Crippen molar-refractivity contribution < 1.29 is 103 Å². The fraction of sp³-hybridized carbons (Fsp3) is 0.915. The number of amides is 5. The molecule has 0 radical (unpaired) electrons. The Morgan fingerprint density at radius 1 is 0.376 bits per heavy atom. The van der Waals surface area contributed by atoms with Crippen molar-refractivity contribution in [2.75, 3.05) is 79.5 Å². The Balaban J connectivity index is 1.57. The van der Waals surface area contributed by atoms with Gasteiger partial charge in [0.25, 0.3) is 0 Å². The molecule has 0 aliphatic carbocycles. The summed E-state index contributed by atoms with van der Waals surface area (Å²) in [6.07, 6.45) is -1.01. The van der Waals surface area contributed by atoms with Gasteiger partial charge in [-0.3, -0.25) is 24.0 Å². The molecule has 0 aromatic carbocycles. The highest BCUT2D eigenvalue weighted by atomic mass is 16.7. The van der Waals surface area contributed by atoms with Crippen molar-refractivity contribution in [3.05, 3.63) is 0 Å². The van der Waals surface area contributed by atoms with Gasteiger partial charge < -0.3 is 106 Å². The topological polar surface area (TPSA) is 392 Å². The van der Waals surface area contributed by atoms with Crippen LogP contribution in [0.2, 0.25) is 0 Å². The van der Waals surface area contributed by atoms with E-state index < -0.39 is 117 Å². The molecule has 496 valence electrons. The van der Waals surface area contributed by atoms with Crippen molar-refractivity contribution >= 4 is 29.5 Å². The minimum absolute atomic E-state index is 0.0151. The highest BCUT2D eigenvalue weighted by Crippen LogP contribution is 2.31. The summed E-state index contributed by atoms with van der Waals surface area (Å²) < 4.78 is 39.4. The molecule has 15 atom stereocenters. The molecule has 5 amide bonds. The van der Waals surface area contributed by atoms with Gasteiger partial charge >= 0.3 is 0 Å². The van der Waals surface area contributed by atoms with Crippen molar-refractivity contribution in [2.24, 2.45) is 17.8 Å². The van der Waals surface area contributed by atoms with Gasteiger partial charge in [0.05, 0.1) is 38.1 Å². The molecular formula is C59H109N5O21. The second kappa shape index (κ2) is 43.4. The van der Waals surface area contributed by atoms with Crippen molar-refractivity contribution in [3.8, 4) is 0 Å². The summed E-state index contributed by atoms with van der Waals surface area (Å²) >= 11 is 0. The summed E-state index contributed by atoms with van der Waals surface area (Å²) in [7, 11) is 1.58. The van der Waals surface area contributed by atoms with Crippen LogP contribution in [0.1, 0.15) is 168 Å². The summed E-state index contributed by atoms with van der Waals surface area (Å²) in [5.74, 6) is -2.68. The highest BCUT2D eigenvalue weighted by molar-refractivity contribution is 5.80. The number of unbranched alkanes of at least 4 members (excludes halogenated alkanes) is 9. The van der Waals surface area contributed by atoms with E-state index in [1.165, 1.54) is 0 Å². The molecule has 3 rings (SSSR count). The van der Waals surface area contributed by atoms with Crippen LogP contribution in [-0.4, -0.2) is 234 Å². The minimum atomic E-state index is -1.21. The number of carbonyl (C=O) groups excluding carboxylic acids is 5. The van der Waals surface area contributed by atoms with E-state index >= 15 is 0 Å². The van der Waals surface area contributed by atoms with Gasteiger partial charge in [0.2, 0.25) is 29.5 Å². The van der Waals surface area contributed by atoms with E-state index in [9.17, 15) is 69.9 Å². The summed E-state index contributed by atoms with van der Waals surface area (Å²) in [6, 6.07) is 0. The Morgan fingerprint density at radius 3 is 1.05 bits per heavy atom. The summed E-state index contributed by atoms with van der Waals surface area (Å²) in [4.78, 5) is 66.6. The second-order valence-corrected chi connectivity index (χ2v) is 23.3. The molecule has 3 aliphatic heterocycles. The largest absolute Gasteiger partial charge is 0.394 e. The Morgan fingerprint density at radius 2 is 0.694 bits per heavy atom. The lowest BCUT2D eigenvalue weighted by molar-refractivity contribution is -0.282. The van der Waals surface area contributed by atoms with E-state index in [0.29, 0.717) is 104 Å². The van der Waals surface area contributed by atoms with Crippen molar-refractivity contribution in [1.29, 1.82) is 0 Å². The Kier molecular flexibility index (Phi) is 38.8. The number of hydrogen-bond donors (Lipinski definition) is 14. The van der Waals surface area contributed by atoms with Crippen LogP contribution < -0.4 is 26.6 Å². The number of hydrogen-bond acceptors (Lipinski definition) is 21. The van der Waals surface area contributed by atoms with Gasteiger partial charge in [-0.25, -0.2) is 0 Å². The quantitative estimate of drug-likeness (QED) is 0.0362. The molecule has 3 fully saturated rings. The third-order valence-corrected chi connectivity index (χ3v) is 16.4. The predicted octanol–water partition coefficient (Wildman–Crippen LogP) is 0.200. The molecule has 0 aromatic heterocycles. The average Bonchev–Trinajstić information content (AvgIpc) is 3.67. The fourth-order valence-electron chi connectivity index (χ4n) is 10.7. The highest BCUT2D eigenvalue weighted by Gasteiger charge is 2.45. The van der Waals surface area contributed by atoms with Gasteiger partial charge in [-0.2, -0.15) is 0 Å². The molecule has 3 heterocycles. The van der Waals surface area contributed by atoms with E-state index in [-0.39, 0.29) is 87.3 Å². The molecule has 3 saturated heterocycles. The molecule has 85 heavy (non-hydrogen) atoms. The van der Waals surface area contributed by atoms with Crippen LogP contribution >= 0.6 is 0 Å². The van der Waals surface area contributed by atoms with Crippen molar-refractivity contribution in [1.82, 2.24) is 26.6 Å².